The Balaban J connectivity index is 2.21. The summed E-state index contributed by atoms with van der Waals surface area (Å²) in [4.78, 5) is 0. The van der Waals surface area contributed by atoms with Crippen LogP contribution >= 0.6 is 0 Å². The lowest BCUT2D eigenvalue weighted by molar-refractivity contribution is 0.111. The molecule has 3 N–H and O–H groups in total. The number of aliphatic hydroxyl groups is 2. The standard InChI is InChI=1S/C14H19NO3/c1-2-15-12(5-7-16)14(17)11-4-3-10-6-8-18-13(10)9-11/h3-4,6,8-9,12,14-17H,2,5,7H2,1H3. The molecule has 0 spiro atoms. The van der Waals surface area contributed by atoms with E-state index in [1.54, 1.807) is 6.26 Å². The van der Waals surface area contributed by atoms with Crippen molar-refractivity contribution in [3.05, 3.63) is 36.1 Å². The number of rotatable bonds is 6. The maximum absolute atomic E-state index is 10.3. The summed E-state index contributed by atoms with van der Waals surface area (Å²) < 4.78 is 5.33. The number of aliphatic hydroxyl groups excluding tert-OH is 2. The summed E-state index contributed by atoms with van der Waals surface area (Å²) >= 11 is 0. The van der Waals surface area contributed by atoms with E-state index in [0.717, 1.165) is 23.1 Å². The van der Waals surface area contributed by atoms with Gasteiger partial charge >= 0.3 is 0 Å². The first-order valence-electron chi connectivity index (χ1n) is 6.25. The summed E-state index contributed by atoms with van der Waals surface area (Å²) in [6, 6.07) is 7.42. The van der Waals surface area contributed by atoms with Gasteiger partial charge in [0, 0.05) is 18.0 Å². The molecule has 0 radical (unpaired) electrons. The highest BCUT2D eigenvalue weighted by Crippen LogP contribution is 2.24. The lowest BCUT2D eigenvalue weighted by atomic mass is 9.99. The van der Waals surface area contributed by atoms with Crippen molar-refractivity contribution in [3.8, 4) is 0 Å². The number of hydrogen-bond acceptors (Lipinski definition) is 4. The van der Waals surface area contributed by atoms with Gasteiger partial charge in [-0.05, 0) is 30.7 Å². The lowest BCUT2D eigenvalue weighted by Gasteiger charge is -2.23. The molecule has 0 bridgehead atoms. The average molecular weight is 249 g/mol. The Labute approximate surface area is 106 Å². The molecule has 0 aliphatic heterocycles. The zero-order chi connectivity index (χ0) is 13.0. The largest absolute Gasteiger partial charge is 0.464 e. The van der Waals surface area contributed by atoms with Crippen LogP contribution in [0, 0.1) is 0 Å². The third-order valence-corrected chi connectivity index (χ3v) is 3.11. The summed E-state index contributed by atoms with van der Waals surface area (Å²) in [5.41, 5.74) is 1.57. The van der Waals surface area contributed by atoms with E-state index in [2.05, 4.69) is 5.32 Å². The van der Waals surface area contributed by atoms with Crippen LogP contribution < -0.4 is 5.32 Å². The Bertz CT molecular complexity index is 488. The van der Waals surface area contributed by atoms with Gasteiger partial charge < -0.3 is 19.9 Å². The van der Waals surface area contributed by atoms with E-state index in [0.29, 0.717) is 6.42 Å². The maximum atomic E-state index is 10.3. The Hall–Kier alpha value is -1.36. The first-order chi connectivity index (χ1) is 8.76. The van der Waals surface area contributed by atoms with Gasteiger partial charge in [0.25, 0.3) is 0 Å². The Kier molecular flexibility index (Phi) is 4.36. The second-order valence-corrected chi connectivity index (χ2v) is 4.34. The van der Waals surface area contributed by atoms with Gasteiger partial charge in [-0.25, -0.2) is 0 Å². The number of likely N-dealkylation sites (N-methyl/N-ethyl adjacent to an activating group) is 1. The molecule has 0 amide bonds. The molecule has 4 heteroatoms. The van der Waals surface area contributed by atoms with Gasteiger partial charge in [0.05, 0.1) is 12.4 Å². The molecule has 0 saturated heterocycles. The van der Waals surface area contributed by atoms with E-state index in [1.165, 1.54) is 0 Å². The average Bonchev–Trinajstić information content (AvgIpc) is 2.84. The predicted octanol–water partition coefficient (Wildman–Crippen LogP) is 1.83. The van der Waals surface area contributed by atoms with Gasteiger partial charge in [-0.1, -0.05) is 19.1 Å². The molecule has 2 aromatic rings. The molecule has 0 aliphatic rings. The van der Waals surface area contributed by atoms with Crippen LogP contribution in [0.4, 0.5) is 0 Å². The molecule has 0 saturated carbocycles. The fourth-order valence-corrected chi connectivity index (χ4v) is 2.16. The van der Waals surface area contributed by atoms with Crippen LogP contribution in [0.3, 0.4) is 0 Å². The van der Waals surface area contributed by atoms with Crippen LogP contribution in [-0.2, 0) is 0 Å². The molecule has 98 valence electrons. The first kappa shape index (κ1) is 13.1. The Morgan fingerprint density at radius 2 is 2.17 bits per heavy atom. The summed E-state index contributed by atoms with van der Waals surface area (Å²) in [6.45, 7) is 2.79. The number of furan rings is 1. The Morgan fingerprint density at radius 3 is 2.89 bits per heavy atom. The fraction of sp³-hybridized carbons (Fsp3) is 0.429. The topological polar surface area (TPSA) is 65.6 Å². The molecule has 18 heavy (non-hydrogen) atoms. The van der Waals surface area contributed by atoms with E-state index in [1.807, 2.05) is 31.2 Å². The van der Waals surface area contributed by atoms with E-state index in [9.17, 15) is 5.11 Å². The van der Waals surface area contributed by atoms with Crippen molar-refractivity contribution in [3.63, 3.8) is 0 Å². The smallest absolute Gasteiger partial charge is 0.134 e. The Morgan fingerprint density at radius 1 is 1.33 bits per heavy atom. The van der Waals surface area contributed by atoms with Gasteiger partial charge in [0.15, 0.2) is 0 Å². The van der Waals surface area contributed by atoms with Gasteiger partial charge in [-0.2, -0.15) is 0 Å². The van der Waals surface area contributed by atoms with Crippen LogP contribution in [0.1, 0.15) is 25.0 Å². The molecule has 2 atom stereocenters. The molecule has 4 nitrogen and oxygen atoms in total. The van der Waals surface area contributed by atoms with Gasteiger partial charge in [0.2, 0.25) is 0 Å². The summed E-state index contributed by atoms with van der Waals surface area (Å²) in [5, 5.41) is 23.6. The summed E-state index contributed by atoms with van der Waals surface area (Å²) in [5.74, 6) is 0. The van der Waals surface area contributed by atoms with E-state index >= 15 is 0 Å². The number of fused-ring (bicyclic) bond motifs is 1. The molecule has 1 aromatic carbocycles. The van der Waals surface area contributed by atoms with Crippen molar-refractivity contribution in [2.75, 3.05) is 13.2 Å². The molecule has 2 rings (SSSR count). The zero-order valence-electron chi connectivity index (χ0n) is 10.5. The molecular weight excluding hydrogens is 230 g/mol. The first-order valence-corrected chi connectivity index (χ1v) is 6.25. The molecule has 1 heterocycles. The van der Waals surface area contributed by atoms with E-state index in [4.69, 9.17) is 9.52 Å². The van der Waals surface area contributed by atoms with Gasteiger partial charge in [0.1, 0.15) is 5.58 Å². The second-order valence-electron chi connectivity index (χ2n) is 4.34. The van der Waals surface area contributed by atoms with Crippen LogP contribution in [0.5, 0.6) is 0 Å². The lowest BCUT2D eigenvalue weighted by Crippen LogP contribution is -2.35. The van der Waals surface area contributed by atoms with Crippen molar-refractivity contribution >= 4 is 11.0 Å². The van der Waals surface area contributed by atoms with Crippen molar-refractivity contribution < 1.29 is 14.6 Å². The van der Waals surface area contributed by atoms with Gasteiger partial charge in [-0.3, -0.25) is 0 Å². The van der Waals surface area contributed by atoms with Crippen molar-refractivity contribution in [1.82, 2.24) is 5.32 Å². The number of hydrogen-bond donors (Lipinski definition) is 3. The second kappa shape index (κ2) is 6.00. The summed E-state index contributed by atoms with van der Waals surface area (Å²) in [7, 11) is 0. The minimum absolute atomic E-state index is 0.0533. The minimum atomic E-state index is -0.647. The molecule has 0 aliphatic carbocycles. The normalized spacial score (nSPS) is 14.8. The molecular formula is C14H19NO3. The zero-order valence-corrected chi connectivity index (χ0v) is 10.5. The molecule has 0 fully saturated rings. The van der Waals surface area contributed by atoms with Crippen molar-refractivity contribution in [2.45, 2.75) is 25.5 Å². The van der Waals surface area contributed by atoms with Crippen LogP contribution in [0.25, 0.3) is 11.0 Å². The summed E-state index contributed by atoms with van der Waals surface area (Å²) in [6.07, 6.45) is 1.51. The van der Waals surface area contributed by atoms with Crippen LogP contribution in [0.15, 0.2) is 34.9 Å². The molecule has 1 aromatic heterocycles. The molecule has 2 unspecified atom stereocenters. The van der Waals surface area contributed by atoms with Crippen LogP contribution in [-0.4, -0.2) is 29.4 Å². The quantitative estimate of drug-likeness (QED) is 0.730. The maximum Gasteiger partial charge on any atom is 0.134 e. The van der Waals surface area contributed by atoms with Crippen molar-refractivity contribution in [1.29, 1.82) is 0 Å². The van der Waals surface area contributed by atoms with Crippen LogP contribution in [0.2, 0.25) is 0 Å². The monoisotopic (exact) mass is 249 g/mol. The van der Waals surface area contributed by atoms with Gasteiger partial charge in [-0.15, -0.1) is 0 Å². The van der Waals surface area contributed by atoms with E-state index in [-0.39, 0.29) is 12.6 Å². The SMILES string of the molecule is CCNC(CCO)C(O)c1ccc2ccoc2c1. The number of benzene rings is 1. The fourth-order valence-electron chi connectivity index (χ4n) is 2.16. The van der Waals surface area contributed by atoms with E-state index < -0.39 is 6.10 Å². The third-order valence-electron chi connectivity index (χ3n) is 3.11. The highest BCUT2D eigenvalue weighted by molar-refractivity contribution is 5.77. The highest BCUT2D eigenvalue weighted by atomic mass is 16.3. The highest BCUT2D eigenvalue weighted by Gasteiger charge is 2.20. The third kappa shape index (κ3) is 2.72. The predicted molar refractivity (Wildman–Crippen MR) is 70.3 cm³/mol. The van der Waals surface area contributed by atoms with Crippen molar-refractivity contribution in [2.24, 2.45) is 0 Å². The number of nitrogens with one attached hydrogen (secondary N) is 1. The minimum Gasteiger partial charge on any atom is -0.464 e.